The average Bonchev–Trinajstić information content (AvgIpc) is 3.18. The zero-order valence-corrected chi connectivity index (χ0v) is 16.4. The van der Waals surface area contributed by atoms with Crippen LogP contribution in [0.25, 0.3) is 0 Å². The fourth-order valence-corrected chi connectivity index (χ4v) is 3.85. The first-order valence-electron chi connectivity index (χ1n) is 9.86. The first kappa shape index (κ1) is 18.8. The number of piperidine rings is 1. The monoisotopic (exact) mass is 382 g/mol. The Hall–Kier alpha value is -2.51. The molecular formula is C21H26N4O3. The first-order valence-corrected chi connectivity index (χ1v) is 9.86. The Morgan fingerprint density at radius 1 is 1.21 bits per heavy atom. The van der Waals surface area contributed by atoms with Gasteiger partial charge in [-0.3, -0.25) is 4.79 Å². The number of aromatic nitrogens is 2. The van der Waals surface area contributed by atoms with E-state index in [0.29, 0.717) is 50.8 Å². The first-order chi connectivity index (χ1) is 13.6. The minimum absolute atomic E-state index is 0.0844. The molecule has 1 N–H and O–H groups in total. The summed E-state index contributed by atoms with van der Waals surface area (Å²) in [5.41, 5.74) is 3.72. The van der Waals surface area contributed by atoms with Gasteiger partial charge in [-0.25, -0.2) is 9.97 Å². The van der Waals surface area contributed by atoms with E-state index < -0.39 is 5.79 Å². The number of carbonyl (C=O) groups is 1. The van der Waals surface area contributed by atoms with Gasteiger partial charge < -0.3 is 19.7 Å². The molecule has 1 amide bonds. The highest BCUT2D eigenvalue weighted by atomic mass is 16.7. The third-order valence-electron chi connectivity index (χ3n) is 5.48. The summed E-state index contributed by atoms with van der Waals surface area (Å²) in [5, 5.41) is 3.30. The zero-order chi connectivity index (χ0) is 19.6. The molecule has 7 nitrogen and oxygen atoms in total. The largest absolute Gasteiger partial charge is 0.347 e. The van der Waals surface area contributed by atoms with Gasteiger partial charge in [-0.15, -0.1) is 0 Å². The molecule has 0 aliphatic carbocycles. The van der Waals surface area contributed by atoms with Gasteiger partial charge in [0.25, 0.3) is 5.91 Å². The number of nitrogens with zero attached hydrogens (tertiary/aromatic N) is 3. The summed E-state index contributed by atoms with van der Waals surface area (Å²) in [7, 11) is 0. The lowest BCUT2D eigenvalue weighted by atomic mass is 10.0. The van der Waals surface area contributed by atoms with Crippen LogP contribution in [0.2, 0.25) is 0 Å². The normalized spacial score (nSPS) is 18.4. The number of ether oxygens (including phenoxy) is 2. The fourth-order valence-electron chi connectivity index (χ4n) is 3.85. The number of carbonyl (C=O) groups excluding carboxylic acids is 1. The topological polar surface area (TPSA) is 76.6 Å². The second kappa shape index (κ2) is 7.85. The van der Waals surface area contributed by atoms with Gasteiger partial charge in [-0.1, -0.05) is 25.1 Å². The maximum atomic E-state index is 12.9. The van der Waals surface area contributed by atoms with Crippen LogP contribution in [-0.4, -0.2) is 52.9 Å². The number of aryl methyl sites for hydroxylation is 2. The fraction of sp³-hybridized carbons (Fsp3) is 0.476. The molecule has 1 spiro atoms. The number of likely N-dealkylation sites (tertiary alicyclic amines) is 1. The van der Waals surface area contributed by atoms with Crippen molar-refractivity contribution in [1.82, 2.24) is 14.9 Å². The van der Waals surface area contributed by atoms with Crippen LogP contribution in [0.5, 0.6) is 0 Å². The Labute approximate surface area is 165 Å². The Balaban J connectivity index is 1.47. The van der Waals surface area contributed by atoms with E-state index in [-0.39, 0.29) is 5.91 Å². The molecule has 7 heteroatoms. The molecule has 0 atom stereocenters. The third kappa shape index (κ3) is 3.72. The average molecular weight is 382 g/mol. The second-order valence-electron chi connectivity index (χ2n) is 7.25. The molecule has 1 aromatic carbocycles. The van der Waals surface area contributed by atoms with Gasteiger partial charge in [0.2, 0.25) is 5.95 Å². The summed E-state index contributed by atoms with van der Waals surface area (Å²) in [6, 6.07) is 7.84. The number of nitrogens with one attached hydrogen (secondary N) is 1. The van der Waals surface area contributed by atoms with Crippen molar-refractivity contribution in [3.63, 3.8) is 0 Å². The second-order valence-corrected chi connectivity index (χ2v) is 7.25. The molecule has 0 bridgehead atoms. The standard InChI is InChI=1S/C21H26N4O3/c1-3-16-6-4-5-15(2)18(16)24-20-22-10-7-17(23-20)19(26)25-11-8-21(9-12-25)27-13-14-28-21/h4-7,10H,3,8-9,11-14H2,1-2H3,(H,22,23,24). The molecular weight excluding hydrogens is 356 g/mol. The van der Waals surface area contributed by atoms with E-state index >= 15 is 0 Å². The van der Waals surface area contributed by atoms with Gasteiger partial charge in [0.05, 0.1) is 13.2 Å². The van der Waals surface area contributed by atoms with E-state index in [1.54, 1.807) is 12.3 Å². The van der Waals surface area contributed by atoms with Crippen LogP contribution in [0.4, 0.5) is 11.6 Å². The number of rotatable bonds is 4. The summed E-state index contributed by atoms with van der Waals surface area (Å²) in [6.07, 6.45) is 3.92. The molecule has 148 valence electrons. The highest BCUT2D eigenvalue weighted by Crippen LogP contribution is 2.31. The van der Waals surface area contributed by atoms with Crippen LogP contribution in [0, 0.1) is 6.92 Å². The van der Waals surface area contributed by atoms with E-state index in [2.05, 4.69) is 28.3 Å². The Morgan fingerprint density at radius 3 is 2.68 bits per heavy atom. The predicted molar refractivity (Wildman–Crippen MR) is 106 cm³/mol. The SMILES string of the molecule is CCc1cccc(C)c1Nc1nccc(C(=O)N2CCC3(CC2)OCCO3)n1. The third-order valence-corrected chi connectivity index (χ3v) is 5.48. The number of hydrogen-bond donors (Lipinski definition) is 1. The van der Waals surface area contributed by atoms with E-state index in [4.69, 9.17) is 9.47 Å². The molecule has 28 heavy (non-hydrogen) atoms. The molecule has 2 saturated heterocycles. The van der Waals surface area contributed by atoms with Crippen LogP contribution < -0.4 is 5.32 Å². The smallest absolute Gasteiger partial charge is 0.272 e. The van der Waals surface area contributed by atoms with Crippen molar-refractivity contribution in [2.75, 3.05) is 31.6 Å². The highest BCUT2D eigenvalue weighted by molar-refractivity contribution is 5.92. The van der Waals surface area contributed by atoms with E-state index in [9.17, 15) is 4.79 Å². The van der Waals surface area contributed by atoms with Gasteiger partial charge >= 0.3 is 0 Å². The zero-order valence-electron chi connectivity index (χ0n) is 16.4. The van der Waals surface area contributed by atoms with Crippen LogP contribution >= 0.6 is 0 Å². The van der Waals surface area contributed by atoms with Crippen LogP contribution in [-0.2, 0) is 15.9 Å². The predicted octanol–water partition coefficient (Wildman–Crippen LogP) is 3.07. The molecule has 0 saturated carbocycles. The summed E-state index contributed by atoms with van der Waals surface area (Å²) < 4.78 is 11.5. The van der Waals surface area contributed by atoms with Gasteiger partial charge in [0.15, 0.2) is 5.79 Å². The summed E-state index contributed by atoms with van der Waals surface area (Å²) in [4.78, 5) is 23.5. The van der Waals surface area contributed by atoms with Gasteiger partial charge in [0.1, 0.15) is 5.69 Å². The van der Waals surface area contributed by atoms with Crippen molar-refractivity contribution < 1.29 is 14.3 Å². The Morgan fingerprint density at radius 2 is 1.96 bits per heavy atom. The quantitative estimate of drug-likeness (QED) is 0.876. The molecule has 4 rings (SSSR count). The number of para-hydroxylation sites is 1. The van der Waals surface area contributed by atoms with Crippen LogP contribution in [0.3, 0.4) is 0 Å². The lowest BCUT2D eigenvalue weighted by molar-refractivity contribution is -0.181. The van der Waals surface area contributed by atoms with Crippen molar-refractivity contribution >= 4 is 17.5 Å². The van der Waals surface area contributed by atoms with Crippen molar-refractivity contribution in [1.29, 1.82) is 0 Å². The van der Waals surface area contributed by atoms with Crippen molar-refractivity contribution in [2.45, 2.75) is 38.9 Å². The highest BCUT2D eigenvalue weighted by Gasteiger charge is 2.41. The molecule has 2 aliphatic rings. The molecule has 0 radical (unpaired) electrons. The number of anilines is 2. The minimum atomic E-state index is -0.490. The summed E-state index contributed by atoms with van der Waals surface area (Å²) in [5.74, 6) is -0.138. The minimum Gasteiger partial charge on any atom is -0.347 e. The Kier molecular flexibility index (Phi) is 5.28. The summed E-state index contributed by atoms with van der Waals surface area (Å²) >= 11 is 0. The van der Waals surface area contributed by atoms with Crippen molar-refractivity contribution in [3.05, 3.63) is 47.3 Å². The van der Waals surface area contributed by atoms with Crippen LogP contribution in [0.15, 0.2) is 30.5 Å². The molecule has 2 fully saturated rings. The van der Waals surface area contributed by atoms with E-state index in [1.165, 1.54) is 5.56 Å². The Bertz CT molecular complexity index is 854. The molecule has 3 heterocycles. The lowest BCUT2D eigenvalue weighted by Crippen LogP contribution is -2.47. The van der Waals surface area contributed by atoms with Crippen LogP contribution in [0.1, 0.15) is 41.4 Å². The lowest BCUT2D eigenvalue weighted by Gasteiger charge is -2.37. The van der Waals surface area contributed by atoms with E-state index in [1.807, 2.05) is 24.0 Å². The van der Waals surface area contributed by atoms with Gasteiger partial charge in [-0.2, -0.15) is 0 Å². The number of hydrogen-bond acceptors (Lipinski definition) is 6. The molecule has 2 aliphatic heterocycles. The van der Waals surface area contributed by atoms with E-state index in [0.717, 1.165) is 17.7 Å². The van der Waals surface area contributed by atoms with Crippen molar-refractivity contribution in [3.8, 4) is 0 Å². The maximum absolute atomic E-state index is 12.9. The number of amides is 1. The van der Waals surface area contributed by atoms with Crippen molar-refractivity contribution in [2.24, 2.45) is 0 Å². The molecule has 0 unspecified atom stereocenters. The summed E-state index contributed by atoms with van der Waals surface area (Å²) in [6.45, 7) is 6.63. The van der Waals surface area contributed by atoms with Gasteiger partial charge in [0, 0.05) is 37.8 Å². The van der Waals surface area contributed by atoms with Gasteiger partial charge in [-0.05, 0) is 30.5 Å². The molecule has 1 aromatic heterocycles. The molecule has 2 aromatic rings. The maximum Gasteiger partial charge on any atom is 0.272 e. The number of benzene rings is 1.